The summed E-state index contributed by atoms with van der Waals surface area (Å²) >= 11 is 0. The van der Waals surface area contributed by atoms with Crippen molar-refractivity contribution in [1.82, 2.24) is 4.72 Å². The SMILES string of the molecule is O=C(CCNS(=O)(=O)c1ccc2c(c1)OCCCO2)Oc1ccc(NC(=O)c2ccccc2)cc1. The highest BCUT2D eigenvalue weighted by atomic mass is 32.2. The van der Waals surface area contributed by atoms with E-state index >= 15 is 0 Å². The molecule has 2 N–H and O–H groups in total. The number of carbonyl (C=O) groups excluding carboxylic acids is 2. The summed E-state index contributed by atoms with van der Waals surface area (Å²) in [6.45, 7) is 0.807. The van der Waals surface area contributed by atoms with Crippen LogP contribution in [0.3, 0.4) is 0 Å². The number of sulfonamides is 1. The van der Waals surface area contributed by atoms with Crippen molar-refractivity contribution in [2.75, 3.05) is 25.1 Å². The maximum absolute atomic E-state index is 12.6. The molecule has 0 unspecified atom stereocenters. The highest BCUT2D eigenvalue weighted by Crippen LogP contribution is 2.31. The summed E-state index contributed by atoms with van der Waals surface area (Å²) in [5.74, 6) is 0.283. The molecule has 0 bridgehead atoms. The van der Waals surface area contributed by atoms with Gasteiger partial charge in [0.15, 0.2) is 11.5 Å². The molecule has 182 valence electrons. The molecule has 4 rings (SSSR count). The van der Waals surface area contributed by atoms with E-state index in [1.165, 1.54) is 12.1 Å². The minimum Gasteiger partial charge on any atom is -0.490 e. The lowest BCUT2D eigenvalue weighted by Crippen LogP contribution is -2.27. The number of anilines is 1. The van der Waals surface area contributed by atoms with Crippen molar-refractivity contribution >= 4 is 27.6 Å². The quantitative estimate of drug-likeness (QED) is 0.362. The summed E-state index contributed by atoms with van der Waals surface area (Å²) in [5, 5.41) is 2.75. The zero-order chi connectivity index (χ0) is 24.7. The van der Waals surface area contributed by atoms with Gasteiger partial charge >= 0.3 is 5.97 Å². The molecule has 0 radical (unpaired) electrons. The average Bonchev–Trinajstić information content (AvgIpc) is 3.10. The third-order valence-electron chi connectivity index (χ3n) is 5.03. The number of hydrogen-bond donors (Lipinski definition) is 2. The fourth-order valence-corrected chi connectivity index (χ4v) is 4.31. The van der Waals surface area contributed by atoms with E-state index in [4.69, 9.17) is 14.2 Å². The first-order valence-corrected chi connectivity index (χ1v) is 12.5. The first-order chi connectivity index (χ1) is 16.9. The average molecular weight is 497 g/mol. The van der Waals surface area contributed by atoms with Gasteiger partial charge in [-0.3, -0.25) is 9.59 Å². The molecule has 1 aliphatic heterocycles. The minimum atomic E-state index is -3.85. The van der Waals surface area contributed by atoms with Crippen molar-refractivity contribution in [3.63, 3.8) is 0 Å². The topological polar surface area (TPSA) is 120 Å². The maximum atomic E-state index is 12.6. The molecule has 0 fully saturated rings. The Kier molecular flexibility index (Phi) is 7.64. The van der Waals surface area contributed by atoms with E-state index in [0.717, 1.165) is 0 Å². The van der Waals surface area contributed by atoms with Crippen LogP contribution in [0, 0.1) is 0 Å². The molecular weight excluding hydrogens is 472 g/mol. The normalized spacial score (nSPS) is 12.9. The summed E-state index contributed by atoms with van der Waals surface area (Å²) in [4.78, 5) is 24.4. The van der Waals surface area contributed by atoms with Crippen LogP contribution in [0.15, 0.2) is 77.7 Å². The maximum Gasteiger partial charge on any atom is 0.312 e. The van der Waals surface area contributed by atoms with Gasteiger partial charge in [0.2, 0.25) is 10.0 Å². The summed E-state index contributed by atoms with van der Waals surface area (Å²) in [6, 6.07) is 19.5. The van der Waals surface area contributed by atoms with Crippen molar-refractivity contribution in [2.45, 2.75) is 17.7 Å². The Hall–Kier alpha value is -3.89. The first kappa shape index (κ1) is 24.2. The fourth-order valence-electron chi connectivity index (χ4n) is 3.26. The van der Waals surface area contributed by atoms with Crippen LogP contribution in [-0.4, -0.2) is 40.1 Å². The van der Waals surface area contributed by atoms with Crippen LogP contribution in [0.1, 0.15) is 23.2 Å². The predicted octanol–water partition coefficient (Wildman–Crippen LogP) is 3.37. The van der Waals surface area contributed by atoms with Crippen molar-refractivity contribution in [2.24, 2.45) is 0 Å². The third kappa shape index (κ3) is 6.58. The van der Waals surface area contributed by atoms with Crippen molar-refractivity contribution in [3.05, 3.63) is 78.4 Å². The van der Waals surface area contributed by atoms with Gasteiger partial charge in [-0.05, 0) is 48.5 Å². The molecule has 0 saturated heterocycles. The van der Waals surface area contributed by atoms with Crippen LogP contribution in [0.2, 0.25) is 0 Å². The smallest absolute Gasteiger partial charge is 0.312 e. The van der Waals surface area contributed by atoms with E-state index in [-0.39, 0.29) is 29.5 Å². The van der Waals surface area contributed by atoms with Gasteiger partial charge in [0.05, 0.1) is 24.5 Å². The number of amides is 1. The van der Waals surface area contributed by atoms with E-state index in [1.807, 2.05) is 6.07 Å². The van der Waals surface area contributed by atoms with Crippen molar-refractivity contribution in [1.29, 1.82) is 0 Å². The molecule has 0 aliphatic carbocycles. The van der Waals surface area contributed by atoms with E-state index in [0.29, 0.717) is 42.4 Å². The highest BCUT2D eigenvalue weighted by molar-refractivity contribution is 7.89. The second-order valence-corrected chi connectivity index (χ2v) is 9.39. The summed E-state index contributed by atoms with van der Waals surface area (Å²) < 4.78 is 43.8. The van der Waals surface area contributed by atoms with Gasteiger partial charge in [0, 0.05) is 30.3 Å². The van der Waals surface area contributed by atoms with E-state index < -0.39 is 16.0 Å². The number of esters is 1. The van der Waals surface area contributed by atoms with Crippen LogP contribution in [0.5, 0.6) is 17.2 Å². The molecule has 9 nitrogen and oxygen atoms in total. The van der Waals surface area contributed by atoms with Gasteiger partial charge in [-0.15, -0.1) is 0 Å². The molecule has 0 spiro atoms. The van der Waals surface area contributed by atoms with E-state index in [1.54, 1.807) is 54.6 Å². The van der Waals surface area contributed by atoms with Crippen LogP contribution in [0.4, 0.5) is 5.69 Å². The number of nitrogens with one attached hydrogen (secondary N) is 2. The number of rotatable bonds is 8. The van der Waals surface area contributed by atoms with Gasteiger partial charge in [-0.25, -0.2) is 13.1 Å². The standard InChI is InChI=1S/C25H24N2O7S/c28-24(34-20-9-7-19(8-10-20)27-25(29)18-5-2-1-3-6-18)13-14-26-35(30,31)21-11-12-22-23(17-21)33-16-4-15-32-22/h1-3,5-12,17,26H,4,13-16H2,(H,27,29). The van der Waals surface area contributed by atoms with Crippen LogP contribution in [0.25, 0.3) is 0 Å². The summed E-state index contributed by atoms with van der Waals surface area (Å²) in [7, 11) is -3.85. The van der Waals surface area contributed by atoms with Crippen LogP contribution in [-0.2, 0) is 14.8 Å². The predicted molar refractivity (Wildman–Crippen MR) is 128 cm³/mol. The Balaban J connectivity index is 1.26. The fraction of sp³-hybridized carbons (Fsp3) is 0.200. The number of benzene rings is 3. The molecule has 0 saturated carbocycles. The number of carbonyl (C=O) groups is 2. The van der Waals surface area contributed by atoms with Crippen molar-refractivity contribution < 1.29 is 32.2 Å². The van der Waals surface area contributed by atoms with Crippen LogP contribution < -0.4 is 24.2 Å². The Morgan fingerprint density at radius 3 is 2.34 bits per heavy atom. The number of ether oxygens (including phenoxy) is 3. The summed E-state index contributed by atoms with van der Waals surface area (Å²) in [5.41, 5.74) is 1.07. The molecular formula is C25H24N2O7S. The van der Waals surface area contributed by atoms with Gasteiger partial charge < -0.3 is 19.5 Å². The molecule has 0 aromatic heterocycles. The van der Waals surface area contributed by atoms with E-state index in [2.05, 4.69) is 10.0 Å². The lowest BCUT2D eigenvalue weighted by Gasteiger charge is -2.11. The van der Waals surface area contributed by atoms with Gasteiger partial charge in [0.1, 0.15) is 5.75 Å². The highest BCUT2D eigenvalue weighted by Gasteiger charge is 2.19. The molecule has 35 heavy (non-hydrogen) atoms. The Morgan fingerprint density at radius 1 is 0.886 bits per heavy atom. The lowest BCUT2D eigenvalue weighted by molar-refractivity contribution is -0.134. The largest absolute Gasteiger partial charge is 0.490 e. The lowest BCUT2D eigenvalue weighted by atomic mass is 10.2. The van der Waals surface area contributed by atoms with E-state index in [9.17, 15) is 18.0 Å². The second-order valence-electron chi connectivity index (χ2n) is 7.63. The Morgan fingerprint density at radius 2 is 1.60 bits per heavy atom. The number of hydrogen-bond acceptors (Lipinski definition) is 7. The van der Waals surface area contributed by atoms with Gasteiger partial charge in [-0.1, -0.05) is 18.2 Å². The molecule has 1 aliphatic rings. The summed E-state index contributed by atoms with van der Waals surface area (Å²) in [6.07, 6.45) is 0.540. The zero-order valence-electron chi connectivity index (χ0n) is 18.7. The molecule has 1 amide bonds. The van der Waals surface area contributed by atoms with Gasteiger partial charge in [0.25, 0.3) is 5.91 Å². The molecule has 1 heterocycles. The Bertz CT molecular complexity index is 1290. The van der Waals surface area contributed by atoms with Crippen molar-refractivity contribution in [3.8, 4) is 17.2 Å². The zero-order valence-corrected chi connectivity index (χ0v) is 19.5. The van der Waals surface area contributed by atoms with Gasteiger partial charge in [-0.2, -0.15) is 0 Å². The Labute approximate surface area is 203 Å². The molecule has 10 heteroatoms. The number of fused-ring (bicyclic) bond motifs is 1. The second kappa shape index (κ2) is 11.0. The molecule has 0 atom stereocenters. The molecule has 3 aromatic rings. The minimum absolute atomic E-state index is 0.0169. The molecule has 3 aromatic carbocycles. The third-order valence-corrected chi connectivity index (χ3v) is 6.49. The monoisotopic (exact) mass is 496 g/mol. The first-order valence-electron chi connectivity index (χ1n) is 11.0. The van der Waals surface area contributed by atoms with Crippen LogP contribution >= 0.6 is 0 Å².